The summed E-state index contributed by atoms with van der Waals surface area (Å²) in [6.07, 6.45) is 4.06. The first kappa shape index (κ1) is 11.9. The van der Waals surface area contributed by atoms with E-state index in [1.54, 1.807) is 24.5 Å². The molecule has 0 radical (unpaired) electrons. The van der Waals surface area contributed by atoms with Crippen LogP contribution < -0.4 is 10.6 Å². The van der Waals surface area contributed by atoms with Gasteiger partial charge in [-0.05, 0) is 29.7 Å². The van der Waals surface area contributed by atoms with Gasteiger partial charge >= 0.3 is 0 Å². The minimum absolute atomic E-state index is 0.000651. The average Bonchev–Trinajstić information content (AvgIpc) is 2.48. The number of aromatic nitrogens is 1. The van der Waals surface area contributed by atoms with Gasteiger partial charge in [0.15, 0.2) is 0 Å². The molecule has 19 heavy (non-hydrogen) atoms. The summed E-state index contributed by atoms with van der Waals surface area (Å²) in [5.41, 5.74) is 3.30. The number of fused-ring (bicyclic) bond motifs is 1. The van der Waals surface area contributed by atoms with E-state index in [4.69, 9.17) is 0 Å². The first-order valence-electron chi connectivity index (χ1n) is 6.34. The zero-order valence-electron chi connectivity index (χ0n) is 10.5. The molecule has 4 heteroatoms. The number of pyridine rings is 1. The predicted molar refractivity (Wildman–Crippen MR) is 73.6 cm³/mol. The smallest absolute Gasteiger partial charge is 0.241 e. The summed E-state index contributed by atoms with van der Waals surface area (Å²) in [7, 11) is 0. The lowest BCUT2D eigenvalue weighted by Crippen LogP contribution is -2.44. The molecule has 2 heterocycles. The number of amides is 1. The van der Waals surface area contributed by atoms with E-state index in [1.165, 1.54) is 11.1 Å². The third-order valence-electron chi connectivity index (χ3n) is 3.35. The molecule has 0 bridgehead atoms. The van der Waals surface area contributed by atoms with Gasteiger partial charge in [-0.25, -0.2) is 0 Å². The van der Waals surface area contributed by atoms with Crippen molar-refractivity contribution in [3.63, 3.8) is 0 Å². The Morgan fingerprint density at radius 1 is 1.16 bits per heavy atom. The van der Waals surface area contributed by atoms with Gasteiger partial charge < -0.3 is 10.6 Å². The maximum absolute atomic E-state index is 12.2. The van der Waals surface area contributed by atoms with E-state index in [0.717, 1.165) is 18.7 Å². The fourth-order valence-electron chi connectivity index (χ4n) is 2.30. The number of carbonyl (C=O) groups is 1. The molecule has 1 aliphatic rings. The molecule has 0 saturated carbocycles. The molecular weight excluding hydrogens is 238 g/mol. The van der Waals surface area contributed by atoms with Crippen molar-refractivity contribution in [1.29, 1.82) is 0 Å². The molecule has 0 aliphatic carbocycles. The van der Waals surface area contributed by atoms with Crippen LogP contribution in [0.15, 0.2) is 48.8 Å². The number of nitrogens with one attached hydrogen (secondary N) is 2. The second-order valence-corrected chi connectivity index (χ2v) is 4.63. The van der Waals surface area contributed by atoms with Crippen LogP contribution in [0.25, 0.3) is 0 Å². The molecule has 1 atom stereocenters. The number of rotatable bonds is 2. The van der Waals surface area contributed by atoms with Crippen LogP contribution in [0, 0.1) is 0 Å². The maximum atomic E-state index is 12.2. The Labute approximate surface area is 111 Å². The number of nitrogens with zero attached hydrogens (tertiary/aromatic N) is 1. The largest absolute Gasteiger partial charge is 0.325 e. The summed E-state index contributed by atoms with van der Waals surface area (Å²) < 4.78 is 0. The van der Waals surface area contributed by atoms with Gasteiger partial charge in [0, 0.05) is 24.6 Å². The Hall–Kier alpha value is -2.20. The van der Waals surface area contributed by atoms with Gasteiger partial charge in [0.05, 0.1) is 6.04 Å². The van der Waals surface area contributed by atoms with Crippen molar-refractivity contribution in [2.24, 2.45) is 0 Å². The summed E-state index contributed by atoms with van der Waals surface area (Å²) in [6.45, 7) is 0.741. The van der Waals surface area contributed by atoms with E-state index in [-0.39, 0.29) is 11.9 Å². The molecule has 2 aromatic rings. The topological polar surface area (TPSA) is 54.0 Å². The van der Waals surface area contributed by atoms with Crippen LogP contribution in [-0.2, 0) is 17.8 Å². The SMILES string of the molecule is O=C(Nc1ccncc1)[C@H]1Cc2ccccc2CN1. The number of hydrogen-bond acceptors (Lipinski definition) is 3. The fraction of sp³-hybridized carbons (Fsp3) is 0.200. The molecule has 1 aliphatic heterocycles. The minimum atomic E-state index is -0.178. The van der Waals surface area contributed by atoms with Gasteiger partial charge in [0.2, 0.25) is 5.91 Å². The van der Waals surface area contributed by atoms with Gasteiger partial charge in [-0.15, -0.1) is 0 Å². The van der Waals surface area contributed by atoms with Gasteiger partial charge in [-0.2, -0.15) is 0 Å². The van der Waals surface area contributed by atoms with Crippen LogP contribution >= 0.6 is 0 Å². The van der Waals surface area contributed by atoms with Crippen molar-refractivity contribution in [3.8, 4) is 0 Å². The molecule has 0 unspecified atom stereocenters. The van der Waals surface area contributed by atoms with Crippen LogP contribution in [0.2, 0.25) is 0 Å². The van der Waals surface area contributed by atoms with E-state index in [0.29, 0.717) is 0 Å². The van der Waals surface area contributed by atoms with E-state index >= 15 is 0 Å². The predicted octanol–water partition coefficient (Wildman–Crippen LogP) is 1.73. The first-order valence-corrected chi connectivity index (χ1v) is 6.34. The highest BCUT2D eigenvalue weighted by atomic mass is 16.2. The molecule has 0 saturated heterocycles. The number of hydrogen-bond donors (Lipinski definition) is 2. The molecule has 3 rings (SSSR count). The molecule has 1 aromatic heterocycles. The zero-order valence-corrected chi connectivity index (χ0v) is 10.5. The molecule has 0 spiro atoms. The summed E-state index contributed by atoms with van der Waals surface area (Å²) in [5.74, 6) is 0.000651. The van der Waals surface area contributed by atoms with E-state index in [1.807, 2.05) is 12.1 Å². The monoisotopic (exact) mass is 253 g/mol. The quantitative estimate of drug-likeness (QED) is 0.857. The second kappa shape index (κ2) is 5.20. The van der Waals surface area contributed by atoms with E-state index in [2.05, 4.69) is 27.8 Å². The molecule has 96 valence electrons. The third-order valence-corrected chi connectivity index (χ3v) is 3.35. The van der Waals surface area contributed by atoms with Crippen LogP contribution in [0.4, 0.5) is 5.69 Å². The van der Waals surface area contributed by atoms with E-state index in [9.17, 15) is 4.79 Å². The van der Waals surface area contributed by atoms with Gasteiger partial charge in [0.1, 0.15) is 0 Å². The Bertz CT molecular complexity index is 583. The highest BCUT2D eigenvalue weighted by molar-refractivity contribution is 5.95. The minimum Gasteiger partial charge on any atom is -0.325 e. The maximum Gasteiger partial charge on any atom is 0.241 e. The van der Waals surface area contributed by atoms with Gasteiger partial charge in [0.25, 0.3) is 0 Å². The van der Waals surface area contributed by atoms with Crippen LogP contribution in [0.5, 0.6) is 0 Å². The van der Waals surface area contributed by atoms with Crippen LogP contribution in [0.3, 0.4) is 0 Å². The molecule has 4 nitrogen and oxygen atoms in total. The van der Waals surface area contributed by atoms with Gasteiger partial charge in [-0.3, -0.25) is 9.78 Å². The summed E-state index contributed by atoms with van der Waals surface area (Å²) >= 11 is 0. The average molecular weight is 253 g/mol. The second-order valence-electron chi connectivity index (χ2n) is 4.63. The molecule has 2 N–H and O–H groups in total. The zero-order chi connectivity index (χ0) is 13.1. The highest BCUT2D eigenvalue weighted by Crippen LogP contribution is 2.17. The summed E-state index contributed by atoms with van der Waals surface area (Å²) in [4.78, 5) is 16.1. The molecule has 1 aromatic carbocycles. The lowest BCUT2D eigenvalue weighted by atomic mass is 9.95. The van der Waals surface area contributed by atoms with Crippen molar-refractivity contribution in [2.45, 2.75) is 19.0 Å². The first-order chi connectivity index (χ1) is 9.33. The highest BCUT2D eigenvalue weighted by Gasteiger charge is 2.23. The molecule has 0 fully saturated rings. The number of anilines is 1. The summed E-state index contributed by atoms with van der Waals surface area (Å²) in [5, 5.41) is 6.17. The summed E-state index contributed by atoms with van der Waals surface area (Å²) in [6, 6.07) is 11.6. The van der Waals surface area contributed by atoms with Crippen molar-refractivity contribution < 1.29 is 4.79 Å². The lowest BCUT2D eigenvalue weighted by molar-refractivity contribution is -0.118. The van der Waals surface area contributed by atoms with E-state index < -0.39 is 0 Å². The number of carbonyl (C=O) groups excluding carboxylic acids is 1. The van der Waals surface area contributed by atoms with Gasteiger partial charge in [-0.1, -0.05) is 24.3 Å². The number of benzene rings is 1. The lowest BCUT2D eigenvalue weighted by Gasteiger charge is -2.25. The van der Waals surface area contributed by atoms with Crippen molar-refractivity contribution >= 4 is 11.6 Å². The van der Waals surface area contributed by atoms with Crippen molar-refractivity contribution in [2.75, 3.05) is 5.32 Å². The van der Waals surface area contributed by atoms with Crippen molar-refractivity contribution in [3.05, 3.63) is 59.9 Å². The molecular formula is C15H15N3O. The fourth-order valence-corrected chi connectivity index (χ4v) is 2.30. The molecule has 1 amide bonds. The Balaban J connectivity index is 1.70. The Kier molecular flexibility index (Phi) is 3.25. The Morgan fingerprint density at radius 2 is 1.89 bits per heavy atom. The Morgan fingerprint density at radius 3 is 2.68 bits per heavy atom. The standard InChI is InChI=1S/C15H15N3O/c19-15(18-13-5-7-16-8-6-13)14-9-11-3-1-2-4-12(11)10-17-14/h1-8,14,17H,9-10H2,(H,16,18,19)/t14-/m1/s1. The van der Waals surface area contributed by atoms with Crippen molar-refractivity contribution in [1.82, 2.24) is 10.3 Å². The van der Waals surface area contributed by atoms with Crippen LogP contribution in [-0.4, -0.2) is 16.9 Å². The third kappa shape index (κ3) is 2.63. The van der Waals surface area contributed by atoms with Crippen LogP contribution in [0.1, 0.15) is 11.1 Å². The normalized spacial score (nSPS) is 17.6.